The van der Waals surface area contributed by atoms with Crippen molar-refractivity contribution in [1.29, 1.82) is 0 Å². The number of anilines is 2. The van der Waals surface area contributed by atoms with E-state index in [0.29, 0.717) is 5.56 Å². The van der Waals surface area contributed by atoms with Gasteiger partial charge in [0.2, 0.25) is 0 Å². The van der Waals surface area contributed by atoms with E-state index in [1.54, 1.807) is 0 Å². The summed E-state index contributed by atoms with van der Waals surface area (Å²) in [5.74, 6) is -0.0833. The van der Waals surface area contributed by atoms with Gasteiger partial charge >= 0.3 is 0 Å². The first-order valence-electron chi connectivity index (χ1n) is 8.14. The summed E-state index contributed by atoms with van der Waals surface area (Å²) in [7, 11) is 0. The first-order valence-corrected chi connectivity index (χ1v) is 8.93. The van der Waals surface area contributed by atoms with Gasteiger partial charge in [0, 0.05) is 34.5 Å². The number of amides is 1. The van der Waals surface area contributed by atoms with Gasteiger partial charge in [0.25, 0.3) is 5.91 Å². The van der Waals surface area contributed by atoms with Crippen LogP contribution in [0.2, 0.25) is 0 Å². The van der Waals surface area contributed by atoms with Crippen LogP contribution in [0, 0.1) is 0 Å². The molecule has 2 aromatic rings. The second-order valence-corrected chi connectivity index (χ2v) is 6.82. The van der Waals surface area contributed by atoms with E-state index in [4.69, 9.17) is 0 Å². The molecule has 1 N–H and O–H groups in total. The average Bonchev–Trinajstić information content (AvgIpc) is 2.85. The highest BCUT2D eigenvalue weighted by Gasteiger charge is 2.10. The minimum absolute atomic E-state index is 0.0833. The van der Waals surface area contributed by atoms with Crippen molar-refractivity contribution in [3.05, 3.63) is 58.6 Å². The van der Waals surface area contributed by atoms with Crippen molar-refractivity contribution < 1.29 is 4.79 Å². The number of halogens is 1. The summed E-state index contributed by atoms with van der Waals surface area (Å²) in [4.78, 5) is 14.7. The van der Waals surface area contributed by atoms with Crippen LogP contribution < -0.4 is 10.2 Å². The molecule has 0 atom stereocenters. The van der Waals surface area contributed by atoms with Crippen molar-refractivity contribution in [3.8, 4) is 0 Å². The Morgan fingerprint density at radius 3 is 2.09 bits per heavy atom. The Balaban J connectivity index is 1.64. The van der Waals surface area contributed by atoms with Crippen LogP contribution in [0.4, 0.5) is 11.4 Å². The lowest BCUT2D eigenvalue weighted by Crippen LogP contribution is -2.23. The minimum atomic E-state index is -0.0833. The molecule has 1 amide bonds. The Hall–Kier alpha value is -1.81. The molecule has 1 aliphatic heterocycles. The Morgan fingerprint density at radius 2 is 1.48 bits per heavy atom. The van der Waals surface area contributed by atoms with E-state index in [9.17, 15) is 4.79 Å². The monoisotopic (exact) mass is 372 g/mol. The SMILES string of the molecule is O=C(Nc1ccc(N2CCCCCC2)cc1)c1ccc(Br)cc1. The van der Waals surface area contributed by atoms with E-state index >= 15 is 0 Å². The van der Waals surface area contributed by atoms with Crippen molar-refractivity contribution in [2.24, 2.45) is 0 Å². The number of nitrogens with zero attached hydrogens (tertiary/aromatic N) is 1. The first kappa shape index (κ1) is 16.1. The summed E-state index contributed by atoms with van der Waals surface area (Å²) in [5, 5.41) is 2.95. The zero-order chi connectivity index (χ0) is 16.1. The second kappa shape index (κ2) is 7.64. The molecule has 120 valence electrons. The smallest absolute Gasteiger partial charge is 0.255 e. The molecule has 0 saturated carbocycles. The van der Waals surface area contributed by atoms with Crippen LogP contribution in [0.3, 0.4) is 0 Å². The predicted molar refractivity (Wildman–Crippen MR) is 99.2 cm³/mol. The molecule has 1 saturated heterocycles. The van der Waals surface area contributed by atoms with Gasteiger partial charge in [-0.25, -0.2) is 0 Å². The quantitative estimate of drug-likeness (QED) is 0.814. The fraction of sp³-hybridized carbons (Fsp3) is 0.316. The molecule has 1 aliphatic rings. The normalized spacial score (nSPS) is 15.1. The van der Waals surface area contributed by atoms with E-state index in [1.165, 1.54) is 31.4 Å². The topological polar surface area (TPSA) is 32.3 Å². The molecule has 23 heavy (non-hydrogen) atoms. The Labute approximate surface area is 145 Å². The zero-order valence-electron chi connectivity index (χ0n) is 13.1. The van der Waals surface area contributed by atoms with Gasteiger partial charge in [-0.05, 0) is 61.4 Å². The third-order valence-electron chi connectivity index (χ3n) is 4.20. The summed E-state index contributed by atoms with van der Waals surface area (Å²) in [6.45, 7) is 2.26. The number of carbonyl (C=O) groups excluding carboxylic acids is 1. The van der Waals surface area contributed by atoms with Crippen LogP contribution in [0.15, 0.2) is 53.0 Å². The lowest BCUT2D eigenvalue weighted by atomic mass is 10.2. The van der Waals surface area contributed by atoms with Crippen molar-refractivity contribution in [2.75, 3.05) is 23.3 Å². The van der Waals surface area contributed by atoms with Crippen molar-refractivity contribution in [1.82, 2.24) is 0 Å². The third kappa shape index (κ3) is 4.35. The third-order valence-corrected chi connectivity index (χ3v) is 4.73. The first-order chi connectivity index (χ1) is 11.2. The van der Waals surface area contributed by atoms with E-state index in [-0.39, 0.29) is 5.91 Å². The maximum absolute atomic E-state index is 12.2. The molecule has 1 heterocycles. The van der Waals surface area contributed by atoms with E-state index in [0.717, 1.165) is 23.2 Å². The molecule has 1 fully saturated rings. The molecule has 0 bridgehead atoms. The van der Waals surface area contributed by atoms with Crippen molar-refractivity contribution >= 4 is 33.2 Å². The second-order valence-electron chi connectivity index (χ2n) is 5.91. The van der Waals surface area contributed by atoms with Gasteiger partial charge in [0.1, 0.15) is 0 Å². The van der Waals surface area contributed by atoms with Crippen molar-refractivity contribution in [3.63, 3.8) is 0 Å². The zero-order valence-corrected chi connectivity index (χ0v) is 14.7. The average molecular weight is 373 g/mol. The molecule has 0 spiro atoms. The van der Waals surface area contributed by atoms with E-state index < -0.39 is 0 Å². The maximum atomic E-state index is 12.2. The van der Waals surface area contributed by atoms with Crippen LogP contribution in [0.1, 0.15) is 36.0 Å². The van der Waals surface area contributed by atoms with E-state index in [2.05, 4.69) is 38.3 Å². The summed E-state index contributed by atoms with van der Waals surface area (Å²) >= 11 is 3.38. The predicted octanol–water partition coefficient (Wildman–Crippen LogP) is 5.08. The lowest BCUT2D eigenvalue weighted by Gasteiger charge is -2.22. The van der Waals surface area contributed by atoms with E-state index in [1.807, 2.05) is 36.4 Å². The Kier molecular flexibility index (Phi) is 5.34. The van der Waals surface area contributed by atoms with Crippen LogP contribution in [-0.4, -0.2) is 19.0 Å². The van der Waals surface area contributed by atoms with Gasteiger partial charge in [0.15, 0.2) is 0 Å². The Morgan fingerprint density at radius 1 is 0.870 bits per heavy atom. The summed E-state index contributed by atoms with van der Waals surface area (Å²) in [5.41, 5.74) is 2.73. The van der Waals surface area contributed by atoms with Gasteiger partial charge in [-0.3, -0.25) is 4.79 Å². The number of benzene rings is 2. The highest BCUT2D eigenvalue weighted by Crippen LogP contribution is 2.22. The van der Waals surface area contributed by atoms with Crippen LogP contribution >= 0.6 is 15.9 Å². The summed E-state index contributed by atoms with van der Waals surface area (Å²) in [6, 6.07) is 15.5. The number of hydrogen-bond acceptors (Lipinski definition) is 2. The van der Waals surface area contributed by atoms with Crippen LogP contribution in [-0.2, 0) is 0 Å². The standard InChI is InChI=1S/C19H21BrN2O/c20-16-7-5-15(6-8-16)19(23)21-17-9-11-18(12-10-17)22-13-3-1-2-4-14-22/h5-12H,1-4,13-14H2,(H,21,23). The fourth-order valence-electron chi connectivity index (χ4n) is 2.89. The summed E-state index contributed by atoms with van der Waals surface area (Å²) < 4.78 is 0.968. The number of hydrogen-bond donors (Lipinski definition) is 1. The molecule has 0 aromatic heterocycles. The lowest BCUT2D eigenvalue weighted by molar-refractivity contribution is 0.102. The van der Waals surface area contributed by atoms with Gasteiger partial charge in [-0.1, -0.05) is 28.8 Å². The molecule has 0 unspecified atom stereocenters. The van der Waals surface area contributed by atoms with Crippen LogP contribution in [0.5, 0.6) is 0 Å². The highest BCUT2D eigenvalue weighted by atomic mass is 79.9. The van der Waals surface area contributed by atoms with Gasteiger partial charge in [-0.15, -0.1) is 0 Å². The van der Waals surface area contributed by atoms with Gasteiger partial charge in [0.05, 0.1) is 0 Å². The molecule has 3 rings (SSSR count). The molecule has 4 heteroatoms. The fourth-order valence-corrected chi connectivity index (χ4v) is 3.15. The molecule has 2 aromatic carbocycles. The largest absolute Gasteiger partial charge is 0.372 e. The summed E-state index contributed by atoms with van der Waals surface area (Å²) in [6.07, 6.45) is 5.19. The molecular weight excluding hydrogens is 352 g/mol. The van der Waals surface area contributed by atoms with Crippen molar-refractivity contribution in [2.45, 2.75) is 25.7 Å². The molecule has 3 nitrogen and oxygen atoms in total. The van der Waals surface area contributed by atoms with Gasteiger partial charge < -0.3 is 10.2 Å². The number of rotatable bonds is 3. The molecule has 0 aliphatic carbocycles. The maximum Gasteiger partial charge on any atom is 0.255 e. The number of carbonyl (C=O) groups is 1. The molecule has 0 radical (unpaired) electrons. The minimum Gasteiger partial charge on any atom is -0.372 e. The van der Waals surface area contributed by atoms with Crippen LogP contribution in [0.25, 0.3) is 0 Å². The highest BCUT2D eigenvalue weighted by molar-refractivity contribution is 9.10. The number of nitrogens with one attached hydrogen (secondary N) is 1. The van der Waals surface area contributed by atoms with Gasteiger partial charge in [-0.2, -0.15) is 0 Å². The Bertz CT molecular complexity index is 644. The molecular formula is C19H21BrN2O.